The summed E-state index contributed by atoms with van der Waals surface area (Å²) in [7, 11) is 3.89. The quantitative estimate of drug-likeness (QED) is 0.869. The Balaban J connectivity index is 2.33. The van der Waals surface area contributed by atoms with Gasteiger partial charge in [-0.15, -0.1) is 0 Å². The monoisotopic (exact) mass is 246 g/mol. The van der Waals surface area contributed by atoms with Crippen molar-refractivity contribution in [2.24, 2.45) is 7.05 Å². The third kappa shape index (κ3) is 2.51. The summed E-state index contributed by atoms with van der Waals surface area (Å²) in [5.74, 6) is 1.73. The van der Waals surface area contributed by atoms with Gasteiger partial charge in [-0.05, 0) is 25.6 Å². The lowest BCUT2D eigenvalue weighted by atomic mass is 10.1. The summed E-state index contributed by atoms with van der Waals surface area (Å²) in [5.41, 5.74) is 1.04. The topological polar surface area (TPSA) is 52.0 Å². The molecule has 0 aliphatic rings. The Bertz CT molecular complexity index is 509. The van der Waals surface area contributed by atoms with Gasteiger partial charge >= 0.3 is 0 Å². The molecule has 1 unspecified atom stereocenters. The summed E-state index contributed by atoms with van der Waals surface area (Å²) < 4.78 is 7.47. The summed E-state index contributed by atoms with van der Waals surface area (Å²) in [6, 6.07) is 2.00. The number of nitrogens with one attached hydrogen (secondary N) is 1. The third-order valence-electron chi connectivity index (χ3n) is 2.78. The summed E-state index contributed by atoms with van der Waals surface area (Å²) in [6.07, 6.45) is 7.27. The average Bonchev–Trinajstić information content (AvgIpc) is 2.78. The molecule has 5 heteroatoms. The molecular formula is C13H18N4O. The van der Waals surface area contributed by atoms with Crippen LogP contribution in [0.4, 0.5) is 0 Å². The lowest BCUT2D eigenvalue weighted by Gasteiger charge is -2.16. The van der Waals surface area contributed by atoms with E-state index in [0.717, 1.165) is 17.1 Å². The maximum atomic E-state index is 5.47. The number of pyridine rings is 1. The molecule has 0 bridgehead atoms. The summed E-state index contributed by atoms with van der Waals surface area (Å²) in [4.78, 5) is 8.58. The van der Waals surface area contributed by atoms with E-state index in [4.69, 9.17) is 4.74 Å². The van der Waals surface area contributed by atoms with Crippen LogP contribution < -0.4 is 10.1 Å². The molecule has 2 rings (SSSR count). The van der Waals surface area contributed by atoms with Gasteiger partial charge in [0.05, 0.1) is 18.8 Å². The van der Waals surface area contributed by atoms with Gasteiger partial charge in [0, 0.05) is 25.6 Å². The van der Waals surface area contributed by atoms with Crippen molar-refractivity contribution in [3.63, 3.8) is 0 Å². The lowest BCUT2D eigenvalue weighted by molar-refractivity contribution is 0.338. The number of rotatable bonds is 5. The Labute approximate surface area is 107 Å². The number of hydrogen-bond donors (Lipinski definition) is 1. The molecule has 0 aromatic carbocycles. The predicted octanol–water partition coefficient (Wildman–Crippen LogP) is 1.52. The van der Waals surface area contributed by atoms with Gasteiger partial charge in [0.15, 0.2) is 0 Å². The zero-order valence-electron chi connectivity index (χ0n) is 10.9. The molecule has 0 amide bonds. The van der Waals surface area contributed by atoms with Crippen molar-refractivity contribution < 1.29 is 4.74 Å². The zero-order valence-corrected chi connectivity index (χ0v) is 10.9. The summed E-state index contributed by atoms with van der Waals surface area (Å²) >= 11 is 0. The van der Waals surface area contributed by atoms with E-state index < -0.39 is 0 Å². The fourth-order valence-electron chi connectivity index (χ4n) is 1.94. The van der Waals surface area contributed by atoms with E-state index >= 15 is 0 Å². The minimum atomic E-state index is 0.0120. The Morgan fingerprint density at radius 2 is 2.28 bits per heavy atom. The van der Waals surface area contributed by atoms with Crippen LogP contribution in [0.15, 0.2) is 30.9 Å². The minimum absolute atomic E-state index is 0.0120. The second-order valence-corrected chi connectivity index (χ2v) is 4.01. The molecule has 0 saturated carbocycles. The average molecular weight is 246 g/mol. The number of hydrogen-bond acceptors (Lipinski definition) is 4. The second-order valence-electron chi connectivity index (χ2n) is 4.01. The molecule has 5 nitrogen and oxygen atoms in total. The van der Waals surface area contributed by atoms with Crippen LogP contribution in [0, 0.1) is 0 Å². The number of imidazole rings is 1. The van der Waals surface area contributed by atoms with E-state index in [1.165, 1.54) is 0 Å². The van der Waals surface area contributed by atoms with Crippen molar-refractivity contribution in [2.75, 3.05) is 13.7 Å². The first kappa shape index (κ1) is 12.6. The second kappa shape index (κ2) is 5.64. The van der Waals surface area contributed by atoms with E-state index in [-0.39, 0.29) is 6.04 Å². The van der Waals surface area contributed by atoms with E-state index in [1.807, 2.05) is 44.0 Å². The first-order valence-corrected chi connectivity index (χ1v) is 5.98. The van der Waals surface area contributed by atoms with Crippen LogP contribution in [-0.2, 0) is 7.05 Å². The highest BCUT2D eigenvalue weighted by atomic mass is 16.5. The largest absolute Gasteiger partial charge is 0.492 e. The highest BCUT2D eigenvalue weighted by molar-refractivity contribution is 5.29. The van der Waals surface area contributed by atoms with Crippen LogP contribution in [0.5, 0.6) is 5.75 Å². The first-order valence-electron chi connectivity index (χ1n) is 5.98. The van der Waals surface area contributed by atoms with Gasteiger partial charge < -0.3 is 14.6 Å². The van der Waals surface area contributed by atoms with Crippen molar-refractivity contribution >= 4 is 0 Å². The number of nitrogens with zero attached hydrogens (tertiary/aromatic N) is 3. The molecule has 0 aliphatic heterocycles. The molecule has 0 radical (unpaired) electrons. The zero-order chi connectivity index (χ0) is 13.0. The first-order chi connectivity index (χ1) is 8.76. The van der Waals surface area contributed by atoms with Crippen molar-refractivity contribution in [3.05, 3.63) is 42.2 Å². The van der Waals surface area contributed by atoms with Gasteiger partial charge in [0.2, 0.25) is 0 Å². The van der Waals surface area contributed by atoms with Crippen LogP contribution in [-0.4, -0.2) is 28.2 Å². The molecule has 0 aliphatic carbocycles. The van der Waals surface area contributed by atoms with Crippen molar-refractivity contribution in [1.82, 2.24) is 19.9 Å². The van der Waals surface area contributed by atoms with E-state index in [2.05, 4.69) is 15.3 Å². The summed E-state index contributed by atoms with van der Waals surface area (Å²) in [5, 5.41) is 3.25. The van der Waals surface area contributed by atoms with Crippen molar-refractivity contribution in [3.8, 4) is 5.75 Å². The van der Waals surface area contributed by atoms with Gasteiger partial charge in [0.25, 0.3) is 0 Å². The smallest absolute Gasteiger partial charge is 0.137 e. The van der Waals surface area contributed by atoms with E-state index in [0.29, 0.717) is 6.61 Å². The fraction of sp³-hybridized carbons (Fsp3) is 0.385. The number of ether oxygens (including phenoxy) is 1. The van der Waals surface area contributed by atoms with Crippen LogP contribution in [0.2, 0.25) is 0 Å². The van der Waals surface area contributed by atoms with Gasteiger partial charge in [-0.1, -0.05) is 0 Å². The van der Waals surface area contributed by atoms with Gasteiger partial charge in [0.1, 0.15) is 11.6 Å². The molecule has 0 spiro atoms. The maximum absolute atomic E-state index is 5.47. The molecule has 2 heterocycles. The van der Waals surface area contributed by atoms with E-state index in [9.17, 15) is 0 Å². The highest BCUT2D eigenvalue weighted by Crippen LogP contribution is 2.22. The summed E-state index contributed by atoms with van der Waals surface area (Å²) in [6.45, 7) is 2.60. The van der Waals surface area contributed by atoms with Gasteiger partial charge in [-0.25, -0.2) is 4.98 Å². The molecular weight excluding hydrogens is 228 g/mol. The Hall–Kier alpha value is -1.88. The van der Waals surface area contributed by atoms with Crippen LogP contribution in [0.1, 0.15) is 24.4 Å². The fourth-order valence-corrected chi connectivity index (χ4v) is 1.94. The minimum Gasteiger partial charge on any atom is -0.492 e. The SMILES string of the molecule is CCOc1cncc(C(NC)c2nccn2C)c1. The van der Waals surface area contributed by atoms with Gasteiger partial charge in [-0.3, -0.25) is 4.98 Å². The van der Waals surface area contributed by atoms with Crippen LogP contribution in [0.25, 0.3) is 0 Å². The van der Waals surface area contributed by atoms with Crippen LogP contribution >= 0.6 is 0 Å². The molecule has 0 saturated heterocycles. The Morgan fingerprint density at radius 3 is 2.89 bits per heavy atom. The maximum Gasteiger partial charge on any atom is 0.137 e. The number of aryl methyl sites for hydroxylation is 1. The standard InChI is InChI=1S/C13H18N4O/c1-4-18-11-7-10(8-15-9-11)12(14-2)13-16-5-6-17(13)3/h5-9,12,14H,4H2,1-3H3. The molecule has 1 atom stereocenters. The lowest BCUT2D eigenvalue weighted by Crippen LogP contribution is -2.21. The normalized spacial score (nSPS) is 12.4. The van der Waals surface area contributed by atoms with Crippen molar-refractivity contribution in [1.29, 1.82) is 0 Å². The molecule has 18 heavy (non-hydrogen) atoms. The highest BCUT2D eigenvalue weighted by Gasteiger charge is 2.17. The molecule has 2 aromatic heterocycles. The van der Waals surface area contributed by atoms with Gasteiger partial charge in [-0.2, -0.15) is 0 Å². The Kier molecular flexibility index (Phi) is 3.94. The molecule has 96 valence electrons. The molecule has 0 fully saturated rings. The molecule has 2 aromatic rings. The van der Waals surface area contributed by atoms with E-state index in [1.54, 1.807) is 12.4 Å². The predicted molar refractivity (Wildman–Crippen MR) is 69.5 cm³/mol. The third-order valence-corrected chi connectivity index (χ3v) is 2.78. The molecule has 1 N–H and O–H groups in total. The van der Waals surface area contributed by atoms with Crippen LogP contribution in [0.3, 0.4) is 0 Å². The number of aromatic nitrogens is 3. The Morgan fingerprint density at radius 1 is 1.44 bits per heavy atom. The van der Waals surface area contributed by atoms with Crippen molar-refractivity contribution in [2.45, 2.75) is 13.0 Å².